The van der Waals surface area contributed by atoms with E-state index in [2.05, 4.69) is 5.32 Å². The van der Waals surface area contributed by atoms with Gasteiger partial charge in [-0.2, -0.15) is 0 Å². The summed E-state index contributed by atoms with van der Waals surface area (Å²) in [4.78, 5) is 14.0. The SMILES string of the molecule is COc1ccccc1[C@H](CNC(=O)COc1ccc(F)cc1)N(C)C. The summed E-state index contributed by atoms with van der Waals surface area (Å²) in [6.07, 6.45) is 0. The second-order valence-corrected chi connectivity index (χ2v) is 5.77. The van der Waals surface area contributed by atoms with Crippen LogP contribution in [0.4, 0.5) is 4.39 Å². The molecule has 1 N–H and O–H groups in total. The zero-order valence-electron chi connectivity index (χ0n) is 14.7. The van der Waals surface area contributed by atoms with Gasteiger partial charge in [0.15, 0.2) is 6.61 Å². The number of rotatable bonds is 8. The van der Waals surface area contributed by atoms with Crippen LogP contribution in [-0.4, -0.2) is 45.2 Å². The molecule has 1 amide bonds. The average Bonchev–Trinajstić information content (AvgIpc) is 2.61. The molecule has 134 valence electrons. The molecule has 0 aliphatic heterocycles. The first kappa shape index (κ1) is 18.7. The highest BCUT2D eigenvalue weighted by Crippen LogP contribution is 2.27. The lowest BCUT2D eigenvalue weighted by molar-refractivity contribution is -0.123. The Morgan fingerprint density at radius 3 is 2.48 bits per heavy atom. The number of carbonyl (C=O) groups excluding carboxylic acids is 1. The highest BCUT2D eigenvalue weighted by Gasteiger charge is 2.19. The van der Waals surface area contributed by atoms with Crippen LogP contribution in [-0.2, 0) is 4.79 Å². The molecule has 0 bridgehead atoms. The highest BCUT2D eigenvalue weighted by atomic mass is 19.1. The number of nitrogens with zero attached hydrogens (tertiary/aromatic N) is 1. The van der Waals surface area contributed by atoms with Gasteiger partial charge in [-0.3, -0.25) is 4.79 Å². The molecule has 2 aromatic rings. The lowest BCUT2D eigenvalue weighted by Crippen LogP contribution is -2.37. The average molecular weight is 346 g/mol. The molecule has 0 aliphatic carbocycles. The molecule has 0 spiro atoms. The van der Waals surface area contributed by atoms with Gasteiger partial charge < -0.3 is 19.7 Å². The molecule has 25 heavy (non-hydrogen) atoms. The zero-order chi connectivity index (χ0) is 18.2. The van der Waals surface area contributed by atoms with Gasteiger partial charge in [0.1, 0.15) is 17.3 Å². The first-order chi connectivity index (χ1) is 12.0. The van der Waals surface area contributed by atoms with Crippen LogP contribution in [0.25, 0.3) is 0 Å². The van der Waals surface area contributed by atoms with E-state index in [0.29, 0.717) is 12.3 Å². The first-order valence-corrected chi connectivity index (χ1v) is 7.95. The van der Waals surface area contributed by atoms with Gasteiger partial charge >= 0.3 is 0 Å². The van der Waals surface area contributed by atoms with E-state index in [0.717, 1.165) is 11.3 Å². The van der Waals surface area contributed by atoms with Crippen molar-refractivity contribution in [2.75, 3.05) is 34.4 Å². The predicted octanol–water partition coefficient (Wildman–Crippen LogP) is 2.63. The smallest absolute Gasteiger partial charge is 0.258 e. The highest BCUT2D eigenvalue weighted by molar-refractivity contribution is 5.77. The van der Waals surface area contributed by atoms with Crippen LogP contribution in [0.3, 0.4) is 0 Å². The molecule has 1 atom stereocenters. The van der Waals surface area contributed by atoms with Crippen molar-refractivity contribution in [2.45, 2.75) is 6.04 Å². The Kier molecular flexibility index (Phi) is 6.77. The Hall–Kier alpha value is -2.60. The summed E-state index contributed by atoms with van der Waals surface area (Å²) in [6.45, 7) is 0.288. The fraction of sp³-hybridized carbons (Fsp3) is 0.316. The maximum Gasteiger partial charge on any atom is 0.258 e. The molecule has 5 nitrogen and oxygen atoms in total. The van der Waals surface area contributed by atoms with Crippen LogP contribution in [0.2, 0.25) is 0 Å². The molecule has 0 saturated heterocycles. The van der Waals surface area contributed by atoms with E-state index in [1.807, 2.05) is 43.3 Å². The molecule has 6 heteroatoms. The molecule has 0 radical (unpaired) electrons. The summed E-state index contributed by atoms with van der Waals surface area (Å²) in [7, 11) is 5.51. The number of halogens is 1. The number of benzene rings is 2. The molecule has 0 unspecified atom stereocenters. The number of para-hydroxylation sites is 1. The van der Waals surface area contributed by atoms with Crippen LogP contribution < -0.4 is 14.8 Å². The quantitative estimate of drug-likeness (QED) is 0.798. The van der Waals surface area contributed by atoms with Crippen molar-refractivity contribution < 1.29 is 18.7 Å². The van der Waals surface area contributed by atoms with Gasteiger partial charge in [0, 0.05) is 12.1 Å². The van der Waals surface area contributed by atoms with Gasteiger partial charge in [0.25, 0.3) is 5.91 Å². The van der Waals surface area contributed by atoms with Gasteiger partial charge in [-0.25, -0.2) is 4.39 Å². The number of amides is 1. The van der Waals surface area contributed by atoms with Crippen molar-refractivity contribution in [3.8, 4) is 11.5 Å². The van der Waals surface area contributed by atoms with Crippen molar-refractivity contribution in [1.29, 1.82) is 0 Å². The Morgan fingerprint density at radius 1 is 1.16 bits per heavy atom. The van der Waals surface area contributed by atoms with E-state index in [1.54, 1.807) is 7.11 Å². The maximum absolute atomic E-state index is 12.8. The Morgan fingerprint density at radius 2 is 1.84 bits per heavy atom. The maximum atomic E-state index is 12.8. The van der Waals surface area contributed by atoms with Crippen molar-refractivity contribution in [1.82, 2.24) is 10.2 Å². The third-order valence-electron chi connectivity index (χ3n) is 3.80. The monoisotopic (exact) mass is 346 g/mol. The first-order valence-electron chi connectivity index (χ1n) is 7.95. The minimum atomic E-state index is -0.345. The van der Waals surface area contributed by atoms with Crippen molar-refractivity contribution in [3.63, 3.8) is 0 Å². The van der Waals surface area contributed by atoms with Gasteiger partial charge in [-0.15, -0.1) is 0 Å². The lowest BCUT2D eigenvalue weighted by Gasteiger charge is -2.26. The van der Waals surface area contributed by atoms with Crippen molar-refractivity contribution >= 4 is 5.91 Å². The fourth-order valence-corrected chi connectivity index (χ4v) is 2.45. The van der Waals surface area contributed by atoms with E-state index in [9.17, 15) is 9.18 Å². The summed E-state index contributed by atoms with van der Waals surface area (Å²) in [5, 5.41) is 2.86. The summed E-state index contributed by atoms with van der Waals surface area (Å²) in [5.41, 5.74) is 0.995. The normalized spacial score (nSPS) is 11.9. The van der Waals surface area contributed by atoms with E-state index in [-0.39, 0.29) is 24.4 Å². The zero-order valence-corrected chi connectivity index (χ0v) is 14.7. The predicted molar refractivity (Wildman–Crippen MR) is 94.3 cm³/mol. The fourth-order valence-electron chi connectivity index (χ4n) is 2.45. The number of ether oxygens (including phenoxy) is 2. The van der Waals surface area contributed by atoms with Crippen LogP contribution in [0, 0.1) is 5.82 Å². The lowest BCUT2D eigenvalue weighted by atomic mass is 10.0. The Labute approximate surface area is 147 Å². The van der Waals surface area contributed by atoms with Crippen LogP contribution in [0.1, 0.15) is 11.6 Å². The van der Waals surface area contributed by atoms with E-state index >= 15 is 0 Å². The largest absolute Gasteiger partial charge is 0.496 e. The van der Waals surface area contributed by atoms with E-state index < -0.39 is 0 Å². The summed E-state index contributed by atoms with van der Waals surface area (Å²) in [6, 6.07) is 13.2. The van der Waals surface area contributed by atoms with Crippen molar-refractivity contribution in [3.05, 3.63) is 59.9 Å². The molecule has 0 heterocycles. The number of nitrogens with one attached hydrogen (secondary N) is 1. The van der Waals surface area contributed by atoms with Gasteiger partial charge in [0.2, 0.25) is 0 Å². The number of hydrogen-bond acceptors (Lipinski definition) is 4. The summed E-state index contributed by atoms with van der Waals surface area (Å²) >= 11 is 0. The minimum absolute atomic E-state index is 0.0362. The molecule has 0 aliphatic rings. The third-order valence-corrected chi connectivity index (χ3v) is 3.80. The molecule has 0 aromatic heterocycles. The van der Waals surface area contributed by atoms with Crippen LogP contribution >= 0.6 is 0 Å². The van der Waals surface area contributed by atoms with Gasteiger partial charge in [-0.05, 0) is 44.4 Å². The van der Waals surface area contributed by atoms with Gasteiger partial charge in [0.05, 0.1) is 13.2 Å². The topological polar surface area (TPSA) is 50.8 Å². The molecule has 0 fully saturated rings. The molecular weight excluding hydrogens is 323 g/mol. The number of hydrogen-bond donors (Lipinski definition) is 1. The van der Waals surface area contributed by atoms with Crippen LogP contribution in [0.5, 0.6) is 11.5 Å². The summed E-state index contributed by atoms with van der Waals surface area (Å²) < 4.78 is 23.6. The molecular formula is C19H23FN2O3. The van der Waals surface area contributed by atoms with Crippen LogP contribution in [0.15, 0.2) is 48.5 Å². The number of methoxy groups -OCH3 is 1. The standard InChI is InChI=1S/C19H23FN2O3/c1-22(2)17(16-6-4-5-7-18(16)24-3)12-21-19(23)13-25-15-10-8-14(20)9-11-15/h4-11,17H,12-13H2,1-3H3,(H,21,23)/t17-/m0/s1. The Bertz CT molecular complexity index is 689. The molecule has 0 saturated carbocycles. The number of carbonyl (C=O) groups is 1. The van der Waals surface area contributed by atoms with E-state index in [4.69, 9.17) is 9.47 Å². The summed E-state index contributed by atoms with van der Waals surface area (Å²) in [5.74, 6) is 0.636. The third kappa shape index (κ3) is 5.46. The van der Waals surface area contributed by atoms with Crippen molar-refractivity contribution in [2.24, 2.45) is 0 Å². The second-order valence-electron chi connectivity index (χ2n) is 5.77. The minimum Gasteiger partial charge on any atom is -0.496 e. The van der Waals surface area contributed by atoms with E-state index in [1.165, 1.54) is 24.3 Å². The number of likely N-dealkylation sites (N-methyl/N-ethyl adjacent to an activating group) is 1. The second kappa shape index (κ2) is 9.03. The van der Waals surface area contributed by atoms with Gasteiger partial charge in [-0.1, -0.05) is 18.2 Å². The Balaban J connectivity index is 1.92. The molecule has 2 aromatic carbocycles. The molecule has 2 rings (SSSR count).